The lowest BCUT2D eigenvalue weighted by molar-refractivity contribution is -0.128. The fourth-order valence-corrected chi connectivity index (χ4v) is 3.60. The fourth-order valence-electron chi connectivity index (χ4n) is 3.60. The van der Waals surface area contributed by atoms with E-state index in [4.69, 9.17) is 4.74 Å². The summed E-state index contributed by atoms with van der Waals surface area (Å²) in [7, 11) is 1.66. The Balaban J connectivity index is 1.50. The van der Waals surface area contributed by atoms with E-state index in [0.29, 0.717) is 26.1 Å². The third-order valence-electron chi connectivity index (χ3n) is 4.97. The summed E-state index contributed by atoms with van der Waals surface area (Å²) in [5.41, 5.74) is 2.15. The van der Waals surface area contributed by atoms with Crippen LogP contribution in [0.1, 0.15) is 35.1 Å². The molecule has 0 unspecified atom stereocenters. The van der Waals surface area contributed by atoms with Crippen LogP contribution in [-0.4, -0.2) is 44.2 Å². The molecule has 1 aliphatic heterocycles. The van der Waals surface area contributed by atoms with E-state index in [2.05, 4.69) is 15.1 Å². The standard InChI is InChI=1S/C21H23N5O2/c1-15-23-21(26(24-15)13-16-5-7-19(28-2)8-6-16)18-10-20(27)25(14-18)12-17-4-3-9-22-11-17/h3-9,11,18H,10,12-14H2,1-2H3/t18-/m0/s1. The first-order valence-corrected chi connectivity index (χ1v) is 9.33. The Morgan fingerprint density at radius 3 is 2.68 bits per heavy atom. The molecule has 1 aliphatic rings. The highest BCUT2D eigenvalue weighted by atomic mass is 16.5. The van der Waals surface area contributed by atoms with Gasteiger partial charge in [-0.1, -0.05) is 18.2 Å². The minimum absolute atomic E-state index is 0.0450. The number of pyridine rings is 1. The minimum Gasteiger partial charge on any atom is -0.497 e. The van der Waals surface area contributed by atoms with Gasteiger partial charge in [-0.05, 0) is 36.2 Å². The Kier molecular flexibility index (Phi) is 5.06. The lowest BCUT2D eigenvalue weighted by atomic mass is 10.1. The van der Waals surface area contributed by atoms with Crippen molar-refractivity contribution >= 4 is 5.91 Å². The lowest BCUT2D eigenvalue weighted by Gasteiger charge is -2.16. The maximum Gasteiger partial charge on any atom is 0.223 e. The highest BCUT2D eigenvalue weighted by molar-refractivity contribution is 5.79. The number of nitrogens with zero attached hydrogens (tertiary/aromatic N) is 5. The summed E-state index contributed by atoms with van der Waals surface area (Å²) in [5.74, 6) is 2.61. The summed E-state index contributed by atoms with van der Waals surface area (Å²) < 4.78 is 7.14. The molecule has 28 heavy (non-hydrogen) atoms. The van der Waals surface area contributed by atoms with Crippen LogP contribution >= 0.6 is 0 Å². The number of carbonyl (C=O) groups excluding carboxylic acids is 1. The molecular formula is C21H23N5O2. The van der Waals surface area contributed by atoms with Crippen molar-refractivity contribution in [2.24, 2.45) is 0 Å². The zero-order valence-corrected chi connectivity index (χ0v) is 16.1. The van der Waals surface area contributed by atoms with Gasteiger partial charge in [-0.3, -0.25) is 9.78 Å². The number of benzene rings is 1. The Bertz CT molecular complexity index is 953. The van der Waals surface area contributed by atoms with Crippen LogP contribution < -0.4 is 4.74 Å². The van der Waals surface area contributed by atoms with Gasteiger partial charge in [-0.15, -0.1) is 0 Å². The van der Waals surface area contributed by atoms with E-state index in [0.717, 1.165) is 28.5 Å². The van der Waals surface area contributed by atoms with E-state index in [1.165, 1.54) is 0 Å². The molecule has 1 amide bonds. The van der Waals surface area contributed by atoms with E-state index in [1.807, 2.05) is 52.9 Å². The first kappa shape index (κ1) is 18.2. The highest BCUT2D eigenvalue weighted by Crippen LogP contribution is 2.28. The molecule has 3 aromatic rings. The largest absolute Gasteiger partial charge is 0.497 e. The van der Waals surface area contributed by atoms with Gasteiger partial charge in [0.15, 0.2) is 0 Å². The first-order chi connectivity index (χ1) is 13.6. The molecule has 0 radical (unpaired) electrons. The molecule has 0 spiro atoms. The number of likely N-dealkylation sites (tertiary alicyclic amines) is 1. The Morgan fingerprint density at radius 1 is 1.14 bits per heavy atom. The van der Waals surface area contributed by atoms with Gasteiger partial charge in [0.05, 0.1) is 13.7 Å². The molecule has 1 atom stereocenters. The van der Waals surface area contributed by atoms with Gasteiger partial charge in [0.2, 0.25) is 5.91 Å². The topological polar surface area (TPSA) is 73.1 Å². The Labute approximate surface area is 164 Å². The van der Waals surface area contributed by atoms with Gasteiger partial charge < -0.3 is 9.64 Å². The number of aryl methyl sites for hydroxylation is 1. The second kappa shape index (κ2) is 7.80. The number of amides is 1. The molecule has 4 rings (SSSR count). The number of carbonyl (C=O) groups is 1. The maximum absolute atomic E-state index is 12.5. The number of rotatable bonds is 6. The molecule has 0 N–H and O–H groups in total. The summed E-state index contributed by atoms with van der Waals surface area (Å²) in [4.78, 5) is 23.2. The van der Waals surface area contributed by atoms with Crippen LogP contribution in [0.3, 0.4) is 0 Å². The van der Waals surface area contributed by atoms with Crippen molar-refractivity contribution in [1.82, 2.24) is 24.6 Å². The van der Waals surface area contributed by atoms with Crippen LogP contribution in [0, 0.1) is 6.92 Å². The number of methoxy groups -OCH3 is 1. The SMILES string of the molecule is COc1ccc(Cn2nc(C)nc2[C@H]2CC(=O)N(Cc3cccnc3)C2)cc1. The zero-order valence-electron chi connectivity index (χ0n) is 16.1. The third-order valence-corrected chi connectivity index (χ3v) is 4.97. The highest BCUT2D eigenvalue weighted by Gasteiger charge is 2.34. The summed E-state index contributed by atoms with van der Waals surface area (Å²) in [6.07, 6.45) is 4.00. The summed E-state index contributed by atoms with van der Waals surface area (Å²) in [5, 5.41) is 4.56. The van der Waals surface area contributed by atoms with Crippen LogP contribution in [0.15, 0.2) is 48.8 Å². The van der Waals surface area contributed by atoms with Gasteiger partial charge in [0.1, 0.15) is 17.4 Å². The first-order valence-electron chi connectivity index (χ1n) is 9.33. The zero-order chi connectivity index (χ0) is 19.5. The molecule has 7 heteroatoms. The van der Waals surface area contributed by atoms with E-state index in [1.54, 1.807) is 19.5 Å². The lowest BCUT2D eigenvalue weighted by Crippen LogP contribution is -2.24. The molecule has 0 bridgehead atoms. The van der Waals surface area contributed by atoms with Crippen molar-refractivity contribution < 1.29 is 9.53 Å². The second-order valence-electron chi connectivity index (χ2n) is 7.06. The normalized spacial score (nSPS) is 16.6. The van der Waals surface area contributed by atoms with Crippen LogP contribution in [0.2, 0.25) is 0 Å². The molecule has 0 aliphatic carbocycles. The average molecular weight is 377 g/mol. The minimum atomic E-state index is 0.0450. The Hall–Kier alpha value is -3.22. The third kappa shape index (κ3) is 3.88. The van der Waals surface area contributed by atoms with Crippen molar-refractivity contribution in [2.75, 3.05) is 13.7 Å². The van der Waals surface area contributed by atoms with Crippen LogP contribution in [0.5, 0.6) is 5.75 Å². The van der Waals surface area contributed by atoms with Crippen molar-refractivity contribution in [3.63, 3.8) is 0 Å². The monoisotopic (exact) mass is 377 g/mol. The summed E-state index contributed by atoms with van der Waals surface area (Å²) >= 11 is 0. The van der Waals surface area contributed by atoms with Crippen LogP contribution in [0.25, 0.3) is 0 Å². The molecule has 144 valence electrons. The van der Waals surface area contributed by atoms with Gasteiger partial charge >= 0.3 is 0 Å². The smallest absolute Gasteiger partial charge is 0.223 e. The van der Waals surface area contributed by atoms with Gasteiger partial charge in [0, 0.05) is 37.8 Å². The maximum atomic E-state index is 12.5. The molecule has 3 heterocycles. The molecule has 1 saturated heterocycles. The van der Waals surface area contributed by atoms with Gasteiger partial charge in [0.25, 0.3) is 0 Å². The van der Waals surface area contributed by atoms with Crippen molar-refractivity contribution in [2.45, 2.75) is 32.4 Å². The molecule has 7 nitrogen and oxygen atoms in total. The predicted molar refractivity (Wildman–Crippen MR) is 104 cm³/mol. The number of hydrogen-bond acceptors (Lipinski definition) is 5. The van der Waals surface area contributed by atoms with E-state index < -0.39 is 0 Å². The summed E-state index contributed by atoms with van der Waals surface area (Å²) in [6.45, 7) is 3.73. The molecule has 2 aromatic heterocycles. The number of hydrogen-bond donors (Lipinski definition) is 0. The second-order valence-corrected chi connectivity index (χ2v) is 7.06. The van der Waals surface area contributed by atoms with Crippen molar-refractivity contribution in [3.8, 4) is 5.75 Å². The molecule has 0 saturated carbocycles. The van der Waals surface area contributed by atoms with E-state index in [9.17, 15) is 4.79 Å². The molecular weight excluding hydrogens is 354 g/mol. The predicted octanol–water partition coefficient (Wildman–Crippen LogP) is 2.55. The molecule has 1 fully saturated rings. The van der Waals surface area contributed by atoms with Crippen LogP contribution in [0.4, 0.5) is 0 Å². The van der Waals surface area contributed by atoms with Gasteiger partial charge in [-0.2, -0.15) is 5.10 Å². The van der Waals surface area contributed by atoms with Gasteiger partial charge in [-0.25, -0.2) is 9.67 Å². The number of aromatic nitrogens is 4. The summed E-state index contributed by atoms with van der Waals surface area (Å²) in [6, 6.07) is 11.8. The average Bonchev–Trinajstić information content (AvgIpc) is 3.25. The fraction of sp³-hybridized carbons (Fsp3) is 0.333. The molecule has 1 aromatic carbocycles. The Morgan fingerprint density at radius 2 is 1.96 bits per heavy atom. The van der Waals surface area contributed by atoms with Crippen molar-refractivity contribution in [3.05, 3.63) is 71.6 Å². The van der Waals surface area contributed by atoms with Crippen LogP contribution in [-0.2, 0) is 17.9 Å². The van der Waals surface area contributed by atoms with E-state index >= 15 is 0 Å². The van der Waals surface area contributed by atoms with Crippen molar-refractivity contribution in [1.29, 1.82) is 0 Å². The van der Waals surface area contributed by atoms with E-state index in [-0.39, 0.29) is 11.8 Å². The quantitative estimate of drug-likeness (QED) is 0.660. The number of ether oxygens (including phenoxy) is 1.